The molecular formula is C64H67BN2S. The molecule has 3 heterocycles. The van der Waals surface area contributed by atoms with Crippen molar-refractivity contribution >= 4 is 77.7 Å². The van der Waals surface area contributed by atoms with Crippen LogP contribution < -0.4 is 20.6 Å². The summed E-state index contributed by atoms with van der Waals surface area (Å²) in [4.78, 5) is 5.52. The summed E-state index contributed by atoms with van der Waals surface area (Å²) in [5.41, 5.74) is 24.8. The van der Waals surface area contributed by atoms with Gasteiger partial charge in [0.2, 0.25) is 0 Å². The van der Waals surface area contributed by atoms with Crippen LogP contribution in [0.15, 0.2) is 121 Å². The molecule has 4 aliphatic rings. The molecule has 68 heavy (non-hydrogen) atoms. The first-order valence-electron chi connectivity index (χ1n) is 25.4. The predicted octanol–water partition coefficient (Wildman–Crippen LogP) is 17.0. The second-order valence-corrected chi connectivity index (χ2v) is 25.8. The lowest BCUT2D eigenvalue weighted by molar-refractivity contribution is 0.332. The van der Waals surface area contributed by atoms with E-state index in [1.165, 1.54) is 146 Å². The highest BCUT2D eigenvalue weighted by atomic mass is 32.1. The van der Waals surface area contributed by atoms with E-state index in [1.54, 1.807) is 0 Å². The van der Waals surface area contributed by atoms with E-state index in [0.717, 1.165) is 0 Å². The topological polar surface area (TPSA) is 6.48 Å². The van der Waals surface area contributed by atoms with E-state index in [9.17, 15) is 0 Å². The minimum absolute atomic E-state index is 0.0417. The van der Waals surface area contributed by atoms with Crippen molar-refractivity contribution in [2.75, 3.05) is 9.71 Å². The van der Waals surface area contributed by atoms with E-state index >= 15 is 0 Å². The molecule has 7 aromatic carbocycles. The quantitative estimate of drug-likeness (QED) is 0.163. The largest absolute Gasteiger partial charge is 0.376 e. The summed E-state index contributed by atoms with van der Waals surface area (Å²) in [6.45, 7) is 31.4. The molecule has 12 rings (SSSR count). The SMILES string of the molecule is Cc1ccccc1-c1cc2c3c(c1)N(c1cc4c(cc1C)C(C)(C)CCC4(C)C)c1c(ccc4c1sc1ccccc14)B3N(c1ccc(C(C)(C)C)cc1)c1cc3c(cc1-2)C(C)(C)CCC3(C)C. The van der Waals surface area contributed by atoms with E-state index in [-0.39, 0.29) is 33.9 Å². The van der Waals surface area contributed by atoms with Crippen LogP contribution in [0.1, 0.15) is 141 Å². The summed E-state index contributed by atoms with van der Waals surface area (Å²) in [6.07, 6.45) is 4.70. The average Bonchev–Trinajstić information content (AvgIpc) is 3.68. The van der Waals surface area contributed by atoms with Gasteiger partial charge in [0.05, 0.1) is 10.4 Å². The Hall–Kier alpha value is -5.58. The number of hydrogen-bond acceptors (Lipinski definition) is 3. The molecule has 2 nitrogen and oxygen atoms in total. The number of rotatable bonds is 3. The van der Waals surface area contributed by atoms with Crippen molar-refractivity contribution in [1.29, 1.82) is 0 Å². The van der Waals surface area contributed by atoms with Gasteiger partial charge in [-0.15, -0.1) is 11.3 Å². The highest BCUT2D eigenvalue weighted by molar-refractivity contribution is 7.26. The molecule has 8 aromatic rings. The Morgan fingerprint density at radius 3 is 1.75 bits per heavy atom. The van der Waals surface area contributed by atoms with E-state index in [4.69, 9.17) is 0 Å². The lowest BCUT2D eigenvalue weighted by Crippen LogP contribution is -2.61. The molecule has 0 atom stereocenters. The van der Waals surface area contributed by atoms with Gasteiger partial charge < -0.3 is 9.71 Å². The third kappa shape index (κ3) is 6.34. The van der Waals surface area contributed by atoms with Crippen LogP contribution in [0.3, 0.4) is 0 Å². The Morgan fingerprint density at radius 2 is 1.10 bits per heavy atom. The van der Waals surface area contributed by atoms with E-state index in [2.05, 4.69) is 221 Å². The zero-order chi connectivity index (χ0) is 47.6. The predicted molar refractivity (Wildman–Crippen MR) is 297 cm³/mol. The van der Waals surface area contributed by atoms with Gasteiger partial charge in [-0.05, 0) is 182 Å². The molecule has 0 unspecified atom stereocenters. The Balaban J connectivity index is 1.27. The molecule has 0 saturated heterocycles. The first kappa shape index (κ1) is 43.7. The van der Waals surface area contributed by atoms with E-state index < -0.39 is 0 Å². The van der Waals surface area contributed by atoms with Crippen molar-refractivity contribution in [2.45, 2.75) is 143 Å². The van der Waals surface area contributed by atoms with Gasteiger partial charge in [0.15, 0.2) is 0 Å². The minimum Gasteiger partial charge on any atom is -0.376 e. The lowest BCUT2D eigenvalue weighted by Gasteiger charge is -2.49. The van der Waals surface area contributed by atoms with Crippen LogP contribution in [-0.2, 0) is 27.1 Å². The molecule has 0 fully saturated rings. The number of hydrogen-bond donors (Lipinski definition) is 0. The number of thiophene rings is 1. The molecular weight excluding hydrogens is 840 g/mol. The van der Waals surface area contributed by atoms with Crippen LogP contribution in [0.5, 0.6) is 0 Å². The lowest BCUT2D eigenvalue weighted by atomic mass is 9.43. The zero-order valence-corrected chi connectivity index (χ0v) is 43.6. The van der Waals surface area contributed by atoms with Crippen molar-refractivity contribution in [2.24, 2.45) is 0 Å². The van der Waals surface area contributed by atoms with Crippen molar-refractivity contribution in [3.63, 3.8) is 0 Å². The zero-order valence-electron chi connectivity index (χ0n) is 42.8. The molecule has 4 heteroatoms. The summed E-state index contributed by atoms with van der Waals surface area (Å²) < 4.78 is 2.69. The second kappa shape index (κ2) is 14.5. The summed E-state index contributed by atoms with van der Waals surface area (Å²) in [7, 11) is 0. The molecule has 342 valence electrons. The molecule has 2 aliphatic heterocycles. The van der Waals surface area contributed by atoms with Gasteiger partial charge in [-0.2, -0.15) is 0 Å². The first-order chi connectivity index (χ1) is 32.1. The molecule has 0 radical (unpaired) electrons. The summed E-state index contributed by atoms with van der Waals surface area (Å²) in [5.74, 6) is 0. The van der Waals surface area contributed by atoms with Gasteiger partial charge in [0, 0.05) is 43.8 Å². The average molecular weight is 907 g/mol. The fourth-order valence-electron chi connectivity index (χ4n) is 12.9. The summed E-state index contributed by atoms with van der Waals surface area (Å²) in [6, 6.07) is 48.4. The molecule has 0 amide bonds. The van der Waals surface area contributed by atoms with Crippen LogP contribution in [0.2, 0.25) is 0 Å². The molecule has 0 saturated carbocycles. The number of anilines is 5. The number of fused-ring (bicyclic) bond motifs is 10. The Kier molecular flexibility index (Phi) is 9.31. The van der Waals surface area contributed by atoms with Crippen molar-refractivity contribution in [3.8, 4) is 22.3 Å². The van der Waals surface area contributed by atoms with Crippen LogP contribution in [0.4, 0.5) is 28.4 Å². The van der Waals surface area contributed by atoms with Gasteiger partial charge >= 0.3 is 6.85 Å². The Labute approximate surface area is 410 Å². The smallest absolute Gasteiger partial charge is 0.333 e. The van der Waals surface area contributed by atoms with Crippen molar-refractivity contribution in [1.82, 2.24) is 0 Å². The minimum atomic E-state index is -0.0779. The van der Waals surface area contributed by atoms with Crippen LogP contribution in [0.25, 0.3) is 42.4 Å². The molecule has 0 bridgehead atoms. The highest BCUT2D eigenvalue weighted by Crippen LogP contribution is 2.56. The number of nitrogens with zero attached hydrogens (tertiary/aromatic N) is 2. The van der Waals surface area contributed by atoms with Gasteiger partial charge in [0.1, 0.15) is 0 Å². The fraction of sp³-hybridized carbons (Fsp3) is 0.344. The molecule has 2 aliphatic carbocycles. The number of benzene rings is 7. The van der Waals surface area contributed by atoms with Crippen molar-refractivity contribution in [3.05, 3.63) is 160 Å². The summed E-state index contributed by atoms with van der Waals surface area (Å²) >= 11 is 1.97. The van der Waals surface area contributed by atoms with E-state index in [1.807, 2.05) is 11.3 Å². The third-order valence-electron chi connectivity index (χ3n) is 17.4. The van der Waals surface area contributed by atoms with Gasteiger partial charge in [0.25, 0.3) is 0 Å². The maximum absolute atomic E-state index is 2.76. The van der Waals surface area contributed by atoms with Gasteiger partial charge in [-0.1, -0.05) is 149 Å². The fourth-order valence-corrected chi connectivity index (χ4v) is 14.2. The third-order valence-corrected chi connectivity index (χ3v) is 18.6. The van der Waals surface area contributed by atoms with Gasteiger partial charge in [-0.25, -0.2) is 0 Å². The monoisotopic (exact) mass is 907 g/mol. The standard InChI is InChI=1S/C64H67BN2S/c1-38-18-14-15-19-43(38)40-33-47-46-35-49-51(64(12,13)31-29-62(49,8)9)37-54(46)67(42-24-22-41(23-25-42)60(3,4)5)65-52-27-26-45-44-20-16-17-21-56(44)68-59(45)58(52)66(55(34-40)57(47)65)53-36-50-48(32-39(53)2)61(6,7)28-30-63(50,10)11/h14-27,32-37H,28-31H2,1-13H3. The van der Waals surface area contributed by atoms with Gasteiger partial charge in [-0.3, -0.25) is 0 Å². The molecule has 0 spiro atoms. The van der Waals surface area contributed by atoms with Crippen LogP contribution in [0, 0.1) is 13.8 Å². The van der Waals surface area contributed by atoms with Crippen molar-refractivity contribution < 1.29 is 0 Å². The Morgan fingerprint density at radius 1 is 0.515 bits per heavy atom. The molecule has 1 aromatic heterocycles. The Bertz CT molecular complexity index is 3430. The van der Waals surface area contributed by atoms with Crippen LogP contribution in [-0.4, -0.2) is 6.85 Å². The maximum Gasteiger partial charge on any atom is 0.333 e. The van der Waals surface area contributed by atoms with Crippen LogP contribution >= 0.6 is 11.3 Å². The maximum atomic E-state index is 2.76. The number of aryl methyl sites for hydroxylation is 2. The molecule has 0 N–H and O–H groups in total. The normalized spacial score (nSPS) is 18.2. The first-order valence-corrected chi connectivity index (χ1v) is 26.2. The second-order valence-electron chi connectivity index (χ2n) is 24.8. The highest BCUT2D eigenvalue weighted by Gasteiger charge is 2.49. The van der Waals surface area contributed by atoms with E-state index in [0.29, 0.717) is 0 Å². The summed E-state index contributed by atoms with van der Waals surface area (Å²) in [5, 5.41) is 2.67.